The minimum absolute atomic E-state index is 0.209. The molecule has 4 aromatic rings. The first-order valence-corrected chi connectivity index (χ1v) is 11.8. The van der Waals surface area contributed by atoms with E-state index < -0.39 is 0 Å². The van der Waals surface area contributed by atoms with Gasteiger partial charge in [0.2, 0.25) is 0 Å². The highest BCUT2D eigenvalue weighted by molar-refractivity contribution is 9.10. The van der Waals surface area contributed by atoms with Crippen molar-refractivity contribution in [1.29, 1.82) is 0 Å². The zero-order valence-electron chi connectivity index (χ0n) is 18.5. The van der Waals surface area contributed by atoms with E-state index in [1.807, 2.05) is 56.3 Å². The number of anilines is 1. The number of carbonyl (C=O) groups excluding carboxylic acids is 1. The van der Waals surface area contributed by atoms with Crippen molar-refractivity contribution in [3.05, 3.63) is 85.5 Å². The minimum Gasteiger partial charge on any atom is -0.349 e. The summed E-state index contributed by atoms with van der Waals surface area (Å²) in [6, 6.07) is 16.3. The fourth-order valence-corrected chi connectivity index (χ4v) is 4.11. The molecule has 0 spiro atoms. The van der Waals surface area contributed by atoms with E-state index in [1.165, 1.54) is 4.57 Å². The van der Waals surface area contributed by atoms with E-state index in [1.54, 1.807) is 16.7 Å². The van der Waals surface area contributed by atoms with E-state index in [2.05, 4.69) is 26.2 Å². The van der Waals surface area contributed by atoms with Crippen LogP contribution < -0.4 is 16.6 Å². The predicted octanol–water partition coefficient (Wildman–Crippen LogP) is 4.99. The Morgan fingerprint density at radius 1 is 0.939 bits per heavy atom. The molecule has 2 aromatic carbocycles. The van der Waals surface area contributed by atoms with Gasteiger partial charge in [-0.25, -0.2) is 4.79 Å². The summed E-state index contributed by atoms with van der Waals surface area (Å²) in [6.07, 6.45) is 1.48. The van der Waals surface area contributed by atoms with Gasteiger partial charge in [-0.15, -0.1) is 0 Å². The molecule has 1 amide bonds. The summed E-state index contributed by atoms with van der Waals surface area (Å²) in [7, 11) is 0. The SMILES string of the molecule is CCCn1c(=O)c2[nH]c(-c3ccc(C(=O)Nc4ccc(Br)cc4)cc3)cc2n(CCC)c1=O. The van der Waals surface area contributed by atoms with Crippen LogP contribution >= 0.6 is 15.9 Å². The molecule has 0 unspecified atom stereocenters. The van der Waals surface area contributed by atoms with Crippen LogP contribution in [0, 0.1) is 0 Å². The van der Waals surface area contributed by atoms with Gasteiger partial charge in [-0.2, -0.15) is 0 Å². The standard InChI is InChI=1S/C25H25BrN4O3/c1-3-13-29-21-15-20(28-22(21)24(32)30(14-4-2)25(29)33)16-5-7-17(8-6-16)23(31)27-19-11-9-18(26)10-12-19/h5-12,15,28H,3-4,13-14H2,1-2H3,(H,27,31). The topological polar surface area (TPSA) is 88.9 Å². The Bertz CT molecular complexity index is 1410. The van der Waals surface area contributed by atoms with E-state index in [9.17, 15) is 14.4 Å². The average Bonchev–Trinajstić information content (AvgIpc) is 3.27. The van der Waals surface area contributed by atoms with Crippen LogP contribution in [-0.2, 0) is 13.1 Å². The van der Waals surface area contributed by atoms with Crippen molar-refractivity contribution in [2.24, 2.45) is 0 Å². The van der Waals surface area contributed by atoms with Crippen LogP contribution in [0.25, 0.3) is 22.3 Å². The zero-order valence-corrected chi connectivity index (χ0v) is 20.1. The van der Waals surface area contributed by atoms with Crippen molar-refractivity contribution < 1.29 is 4.79 Å². The summed E-state index contributed by atoms with van der Waals surface area (Å²) in [6.45, 7) is 4.85. The normalized spacial score (nSPS) is 11.1. The first kappa shape index (κ1) is 22.8. The molecule has 0 radical (unpaired) electrons. The van der Waals surface area contributed by atoms with Gasteiger partial charge in [0.05, 0.1) is 5.52 Å². The summed E-state index contributed by atoms with van der Waals surface area (Å²) in [5, 5.41) is 2.87. The Kier molecular flexibility index (Phi) is 6.65. The second-order valence-electron chi connectivity index (χ2n) is 7.87. The fourth-order valence-electron chi connectivity index (χ4n) is 3.84. The molecule has 0 fully saturated rings. The van der Waals surface area contributed by atoms with Crippen LogP contribution in [0.15, 0.2) is 68.7 Å². The van der Waals surface area contributed by atoms with Crippen LogP contribution in [-0.4, -0.2) is 20.0 Å². The van der Waals surface area contributed by atoms with Gasteiger partial charge in [-0.3, -0.25) is 18.7 Å². The molecule has 2 heterocycles. The average molecular weight is 509 g/mol. The van der Waals surface area contributed by atoms with E-state index >= 15 is 0 Å². The van der Waals surface area contributed by atoms with Gasteiger partial charge in [0.15, 0.2) is 0 Å². The Hall–Kier alpha value is -3.39. The van der Waals surface area contributed by atoms with Crippen LogP contribution in [0.3, 0.4) is 0 Å². The highest BCUT2D eigenvalue weighted by atomic mass is 79.9. The van der Waals surface area contributed by atoms with Gasteiger partial charge in [-0.05, 0) is 60.9 Å². The number of fused-ring (bicyclic) bond motifs is 1. The maximum absolute atomic E-state index is 12.9. The predicted molar refractivity (Wildman–Crippen MR) is 135 cm³/mol. The monoisotopic (exact) mass is 508 g/mol. The molecule has 170 valence electrons. The quantitative estimate of drug-likeness (QED) is 0.368. The number of rotatable bonds is 7. The zero-order chi connectivity index (χ0) is 23.5. The summed E-state index contributed by atoms with van der Waals surface area (Å²) in [5.74, 6) is -0.209. The molecule has 0 saturated carbocycles. The number of aryl methyl sites for hydroxylation is 1. The lowest BCUT2D eigenvalue weighted by atomic mass is 10.1. The molecule has 0 saturated heterocycles. The Balaban J connectivity index is 1.67. The summed E-state index contributed by atoms with van der Waals surface area (Å²) in [4.78, 5) is 41.6. The molecule has 2 N–H and O–H groups in total. The number of H-pyrrole nitrogens is 1. The molecule has 0 bridgehead atoms. The number of aromatic nitrogens is 3. The van der Waals surface area contributed by atoms with E-state index in [0.29, 0.717) is 41.8 Å². The molecule has 0 aliphatic rings. The molecular formula is C25H25BrN4O3. The molecule has 0 aliphatic carbocycles. The number of nitrogens with zero attached hydrogens (tertiary/aromatic N) is 2. The number of carbonyl (C=O) groups is 1. The summed E-state index contributed by atoms with van der Waals surface area (Å²) < 4.78 is 3.90. The van der Waals surface area contributed by atoms with Gasteiger partial charge in [0.1, 0.15) is 5.52 Å². The first-order valence-electron chi connectivity index (χ1n) is 11.0. The Morgan fingerprint density at radius 3 is 2.21 bits per heavy atom. The van der Waals surface area contributed by atoms with E-state index in [4.69, 9.17) is 0 Å². The van der Waals surface area contributed by atoms with Gasteiger partial charge in [-0.1, -0.05) is 41.9 Å². The van der Waals surface area contributed by atoms with Crippen LogP contribution in [0.4, 0.5) is 5.69 Å². The third-order valence-electron chi connectivity index (χ3n) is 5.46. The second-order valence-corrected chi connectivity index (χ2v) is 8.79. The number of aromatic amines is 1. The van der Waals surface area contributed by atoms with Gasteiger partial charge >= 0.3 is 5.69 Å². The maximum Gasteiger partial charge on any atom is 0.331 e. The molecule has 8 heteroatoms. The molecule has 7 nitrogen and oxygen atoms in total. The lowest BCUT2D eigenvalue weighted by molar-refractivity contribution is 0.102. The van der Waals surface area contributed by atoms with Gasteiger partial charge in [0, 0.05) is 34.5 Å². The van der Waals surface area contributed by atoms with Crippen LogP contribution in [0.1, 0.15) is 37.0 Å². The highest BCUT2D eigenvalue weighted by Gasteiger charge is 2.16. The largest absolute Gasteiger partial charge is 0.349 e. The number of hydrogen-bond donors (Lipinski definition) is 2. The van der Waals surface area contributed by atoms with Crippen molar-refractivity contribution in [3.63, 3.8) is 0 Å². The van der Waals surface area contributed by atoms with E-state index in [0.717, 1.165) is 22.2 Å². The fraction of sp³-hybridized carbons (Fsp3) is 0.240. The van der Waals surface area contributed by atoms with Crippen molar-refractivity contribution in [1.82, 2.24) is 14.1 Å². The smallest absolute Gasteiger partial charge is 0.331 e. The van der Waals surface area contributed by atoms with Crippen LogP contribution in [0.5, 0.6) is 0 Å². The number of nitrogens with one attached hydrogen (secondary N) is 2. The first-order chi connectivity index (χ1) is 15.9. The van der Waals surface area contributed by atoms with Crippen molar-refractivity contribution >= 4 is 38.6 Å². The minimum atomic E-state index is -0.305. The Labute approximate surface area is 199 Å². The van der Waals surface area contributed by atoms with Gasteiger partial charge in [0.25, 0.3) is 11.5 Å². The number of hydrogen-bond acceptors (Lipinski definition) is 3. The maximum atomic E-state index is 12.9. The molecular weight excluding hydrogens is 484 g/mol. The molecule has 0 aliphatic heterocycles. The van der Waals surface area contributed by atoms with Crippen LogP contribution in [0.2, 0.25) is 0 Å². The molecule has 0 atom stereocenters. The second kappa shape index (κ2) is 9.62. The lowest BCUT2D eigenvalue weighted by Gasteiger charge is -2.10. The third-order valence-corrected chi connectivity index (χ3v) is 5.99. The van der Waals surface area contributed by atoms with Crippen molar-refractivity contribution in [3.8, 4) is 11.3 Å². The van der Waals surface area contributed by atoms with E-state index in [-0.39, 0.29) is 17.2 Å². The summed E-state index contributed by atoms with van der Waals surface area (Å²) in [5.41, 5.74) is 3.22. The molecule has 4 rings (SSSR count). The van der Waals surface area contributed by atoms with Crippen molar-refractivity contribution in [2.75, 3.05) is 5.32 Å². The number of amides is 1. The van der Waals surface area contributed by atoms with Crippen molar-refractivity contribution in [2.45, 2.75) is 39.8 Å². The number of halogens is 1. The molecule has 33 heavy (non-hydrogen) atoms. The van der Waals surface area contributed by atoms with Gasteiger partial charge < -0.3 is 10.3 Å². The highest BCUT2D eigenvalue weighted by Crippen LogP contribution is 2.23. The summed E-state index contributed by atoms with van der Waals surface area (Å²) >= 11 is 3.38. The molecule has 2 aromatic heterocycles. The Morgan fingerprint density at radius 2 is 1.58 bits per heavy atom. The number of benzene rings is 2. The lowest BCUT2D eigenvalue weighted by Crippen LogP contribution is -2.39. The third kappa shape index (κ3) is 4.57.